The summed E-state index contributed by atoms with van der Waals surface area (Å²) < 4.78 is 0. The van der Waals surface area contributed by atoms with Gasteiger partial charge in [0.1, 0.15) is 0 Å². The molecular weight excluding hydrogens is 344 g/mol. The number of benzene rings is 1. The summed E-state index contributed by atoms with van der Waals surface area (Å²) in [5.41, 5.74) is 2.68. The standard InChI is InChI=1S/C20H30N4OS/c1-5-6-10-21-20(26)24(12-11-23(3)4)14-17-13-16-9-7-8-15(2)18(16)22-19(17)25/h7-9,13H,5-6,10-12,14H2,1-4H3,(H,21,26)(H,22,25). The van der Waals surface area contributed by atoms with Crippen LogP contribution in [0.2, 0.25) is 0 Å². The minimum atomic E-state index is -0.0435. The van der Waals surface area contributed by atoms with Crippen LogP contribution in [0.3, 0.4) is 0 Å². The summed E-state index contributed by atoms with van der Waals surface area (Å²) in [6.45, 7) is 7.18. The molecule has 0 bridgehead atoms. The summed E-state index contributed by atoms with van der Waals surface area (Å²) in [6.07, 6.45) is 2.20. The molecule has 0 radical (unpaired) electrons. The SMILES string of the molecule is CCCCNC(=S)N(CCN(C)C)Cc1cc2cccc(C)c2[nH]c1=O. The fourth-order valence-electron chi connectivity index (χ4n) is 2.81. The molecule has 5 nitrogen and oxygen atoms in total. The molecule has 2 aromatic rings. The fourth-order valence-corrected chi connectivity index (χ4v) is 3.07. The molecule has 0 amide bonds. The van der Waals surface area contributed by atoms with Gasteiger partial charge in [-0.3, -0.25) is 4.79 Å². The molecule has 0 saturated heterocycles. The van der Waals surface area contributed by atoms with Crippen LogP contribution in [0, 0.1) is 6.92 Å². The van der Waals surface area contributed by atoms with E-state index >= 15 is 0 Å². The highest BCUT2D eigenvalue weighted by Gasteiger charge is 2.13. The number of para-hydroxylation sites is 1. The molecule has 0 aliphatic carbocycles. The Hall–Kier alpha value is -1.92. The number of pyridine rings is 1. The summed E-state index contributed by atoms with van der Waals surface area (Å²) in [7, 11) is 4.08. The van der Waals surface area contributed by atoms with Gasteiger partial charge in [0.2, 0.25) is 0 Å². The van der Waals surface area contributed by atoms with Crippen LogP contribution in [-0.2, 0) is 6.54 Å². The van der Waals surface area contributed by atoms with E-state index in [2.05, 4.69) is 27.0 Å². The Balaban J connectivity index is 2.23. The number of fused-ring (bicyclic) bond motifs is 1. The van der Waals surface area contributed by atoms with Crippen LogP contribution in [0.5, 0.6) is 0 Å². The van der Waals surface area contributed by atoms with Crippen molar-refractivity contribution in [2.75, 3.05) is 33.7 Å². The number of hydrogen-bond donors (Lipinski definition) is 2. The zero-order valence-electron chi connectivity index (χ0n) is 16.3. The van der Waals surface area contributed by atoms with E-state index in [1.54, 1.807) is 0 Å². The third-order valence-electron chi connectivity index (χ3n) is 4.44. The third kappa shape index (κ3) is 5.54. The topological polar surface area (TPSA) is 51.4 Å². The van der Waals surface area contributed by atoms with E-state index in [9.17, 15) is 4.79 Å². The first-order valence-corrected chi connectivity index (χ1v) is 9.62. The van der Waals surface area contributed by atoms with Crippen LogP contribution < -0.4 is 10.9 Å². The molecule has 0 fully saturated rings. The molecule has 2 rings (SSSR count). The van der Waals surface area contributed by atoms with Gasteiger partial charge < -0.3 is 20.1 Å². The largest absolute Gasteiger partial charge is 0.363 e. The van der Waals surface area contributed by atoms with E-state index < -0.39 is 0 Å². The second-order valence-corrected chi connectivity index (χ2v) is 7.36. The van der Waals surface area contributed by atoms with E-state index in [1.807, 2.05) is 45.3 Å². The molecule has 0 aliphatic rings. The van der Waals surface area contributed by atoms with Crippen molar-refractivity contribution in [3.8, 4) is 0 Å². The number of nitrogens with zero attached hydrogens (tertiary/aromatic N) is 2. The number of likely N-dealkylation sites (N-methyl/N-ethyl adjacent to an activating group) is 1. The highest BCUT2D eigenvalue weighted by atomic mass is 32.1. The molecule has 0 atom stereocenters. The molecule has 1 aromatic carbocycles. The molecule has 26 heavy (non-hydrogen) atoms. The highest BCUT2D eigenvalue weighted by Crippen LogP contribution is 2.15. The Bertz CT molecular complexity index is 800. The number of thiocarbonyl (C=S) groups is 1. The zero-order valence-corrected chi connectivity index (χ0v) is 17.1. The average Bonchev–Trinajstić information content (AvgIpc) is 2.59. The predicted octanol–water partition coefficient (Wildman–Crippen LogP) is 2.87. The molecule has 142 valence electrons. The van der Waals surface area contributed by atoms with E-state index in [0.717, 1.165) is 54.5 Å². The molecule has 6 heteroatoms. The maximum atomic E-state index is 12.6. The monoisotopic (exact) mass is 374 g/mol. The number of aryl methyl sites for hydroxylation is 1. The Morgan fingerprint density at radius 3 is 2.73 bits per heavy atom. The lowest BCUT2D eigenvalue weighted by atomic mass is 10.1. The quantitative estimate of drug-likeness (QED) is 0.550. The van der Waals surface area contributed by atoms with Crippen LogP contribution in [0.1, 0.15) is 30.9 Å². The van der Waals surface area contributed by atoms with E-state index in [0.29, 0.717) is 11.7 Å². The number of hydrogen-bond acceptors (Lipinski definition) is 3. The second kappa shape index (κ2) is 9.69. The van der Waals surface area contributed by atoms with Crippen molar-refractivity contribution >= 4 is 28.2 Å². The number of rotatable bonds is 8. The van der Waals surface area contributed by atoms with Gasteiger partial charge in [-0.2, -0.15) is 0 Å². The Morgan fingerprint density at radius 1 is 1.27 bits per heavy atom. The van der Waals surface area contributed by atoms with Crippen molar-refractivity contribution in [1.82, 2.24) is 20.1 Å². The Labute approximate surface area is 161 Å². The van der Waals surface area contributed by atoms with Crippen molar-refractivity contribution in [2.45, 2.75) is 33.2 Å². The molecule has 1 aromatic heterocycles. The Morgan fingerprint density at radius 2 is 2.04 bits per heavy atom. The molecule has 0 unspecified atom stereocenters. The number of aromatic nitrogens is 1. The normalized spacial score (nSPS) is 11.1. The second-order valence-electron chi connectivity index (χ2n) is 6.97. The molecule has 2 N–H and O–H groups in total. The molecule has 0 spiro atoms. The smallest absolute Gasteiger partial charge is 0.253 e. The van der Waals surface area contributed by atoms with E-state index in [4.69, 9.17) is 12.2 Å². The maximum Gasteiger partial charge on any atom is 0.253 e. The van der Waals surface area contributed by atoms with Crippen LogP contribution in [-0.4, -0.2) is 53.6 Å². The van der Waals surface area contributed by atoms with Gasteiger partial charge in [-0.15, -0.1) is 0 Å². The first-order valence-electron chi connectivity index (χ1n) is 9.21. The van der Waals surface area contributed by atoms with Crippen LogP contribution in [0.25, 0.3) is 10.9 Å². The van der Waals surface area contributed by atoms with Crippen LogP contribution in [0.4, 0.5) is 0 Å². The Kier molecular flexibility index (Phi) is 7.60. The van der Waals surface area contributed by atoms with Gasteiger partial charge in [-0.25, -0.2) is 0 Å². The summed E-state index contributed by atoms with van der Waals surface area (Å²) in [6, 6.07) is 8.04. The molecule has 0 saturated carbocycles. The lowest BCUT2D eigenvalue weighted by Gasteiger charge is -2.27. The van der Waals surface area contributed by atoms with Crippen molar-refractivity contribution in [3.63, 3.8) is 0 Å². The minimum absolute atomic E-state index is 0.0435. The third-order valence-corrected chi connectivity index (χ3v) is 4.84. The zero-order chi connectivity index (χ0) is 19.1. The highest BCUT2D eigenvalue weighted by molar-refractivity contribution is 7.80. The number of nitrogens with one attached hydrogen (secondary N) is 2. The van der Waals surface area contributed by atoms with Crippen molar-refractivity contribution in [1.29, 1.82) is 0 Å². The van der Waals surface area contributed by atoms with Gasteiger partial charge in [-0.1, -0.05) is 31.5 Å². The summed E-state index contributed by atoms with van der Waals surface area (Å²) in [5, 5.41) is 5.08. The molecule has 1 heterocycles. The predicted molar refractivity (Wildman–Crippen MR) is 114 cm³/mol. The number of unbranched alkanes of at least 4 members (excludes halogenated alkanes) is 1. The fraction of sp³-hybridized carbons (Fsp3) is 0.500. The van der Waals surface area contributed by atoms with E-state index in [-0.39, 0.29) is 5.56 Å². The maximum absolute atomic E-state index is 12.6. The van der Waals surface area contributed by atoms with Gasteiger partial charge in [0.25, 0.3) is 5.56 Å². The minimum Gasteiger partial charge on any atom is -0.363 e. The van der Waals surface area contributed by atoms with E-state index in [1.165, 1.54) is 0 Å². The number of H-pyrrole nitrogens is 1. The van der Waals surface area contributed by atoms with Gasteiger partial charge in [0.15, 0.2) is 5.11 Å². The van der Waals surface area contributed by atoms with Crippen LogP contribution in [0.15, 0.2) is 29.1 Å². The lowest BCUT2D eigenvalue weighted by Crippen LogP contribution is -2.43. The van der Waals surface area contributed by atoms with Crippen molar-refractivity contribution < 1.29 is 0 Å². The summed E-state index contributed by atoms with van der Waals surface area (Å²) in [4.78, 5) is 19.8. The average molecular weight is 375 g/mol. The van der Waals surface area contributed by atoms with Gasteiger partial charge in [0.05, 0.1) is 12.1 Å². The molecule has 0 aliphatic heterocycles. The first-order chi connectivity index (χ1) is 12.4. The van der Waals surface area contributed by atoms with Crippen molar-refractivity contribution in [3.05, 3.63) is 45.7 Å². The van der Waals surface area contributed by atoms with Gasteiger partial charge in [0, 0.05) is 25.2 Å². The lowest BCUT2D eigenvalue weighted by molar-refractivity contribution is 0.322. The molecular formula is C20H30N4OS. The number of aromatic amines is 1. The van der Waals surface area contributed by atoms with Gasteiger partial charge in [-0.05, 0) is 56.7 Å². The van der Waals surface area contributed by atoms with Crippen molar-refractivity contribution in [2.24, 2.45) is 0 Å². The first kappa shape index (κ1) is 20.4. The van der Waals surface area contributed by atoms with Gasteiger partial charge >= 0.3 is 0 Å². The summed E-state index contributed by atoms with van der Waals surface area (Å²) >= 11 is 5.58. The van der Waals surface area contributed by atoms with Crippen LogP contribution >= 0.6 is 12.2 Å². The summed E-state index contributed by atoms with van der Waals surface area (Å²) in [5.74, 6) is 0.